The molecule has 0 aromatic heterocycles. The molecule has 4 rings (SSSR count). The van der Waals surface area contributed by atoms with E-state index in [1.54, 1.807) is 12.1 Å². The number of hydrogen-bond acceptors (Lipinski definition) is 6. The van der Waals surface area contributed by atoms with Crippen LogP contribution in [0.3, 0.4) is 0 Å². The maximum absolute atomic E-state index is 13.1. The number of amides is 1. The largest absolute Gasteiger partial charge is 0.497 e. The number of anilines is 1. The molecule has 184 valence electrons. The molecular formula is C25H32N2O6S. The molecule has 1 N–H and O–H groups in total. The van der Waals surface area contributed by atoms with Crippen LogP contribution in [0.25, 0.3) is 0 Å². The van der Waals surface area contributed by atoms with E-state index in [4.69, 9.17) is 14.2 Å². The van der Waals surface area contributed by atoms with E-state index in [0.717, 1.165) is 25.0 Å². The van der Waals surface area contributed by atoms with Crippen molar-refractivity contribution in [2.75, 3.05) is 38.7 Å². The normalized spacial score (nSPS) is 21.2. The van der Waals surface area contributed by atoms with Crippen molar-refractivity contribution < 1.29 is 27.4 Å². The van der Waals surface area contributed by atoms with Crippen LogP contribution in [0.1, 0.15) is 31.2 Å². The molecule has 34 heavy (non-hydrogen) atoms. The van der Waals surface area contributed by atoms with Gasteiger partial charge in [0.1, 0.15) is 18.1 Å². The van der Waals surface area contributed by atoms with Crippen molar-refractivity contribution >= 4 is 21.6 Å². The first-order valence-electron chi connectivity index (χ1n) is 11.7. The van der Waals surface area contributed by atoms with Gasteiger partial charge in [-0.2, -0.15) is 4.31 Å². The highest BCUT2D eigenvalue weighted by molar-refractivity contribution is 7.89. The second-order valence-electron chi connectivity index (χ2n) is 8.81. The number of methoxy groups -OCH3 is 1. The van der Waals surface area contributed by atoms with Gasteiger partial charge in [0, 0.05) is 19.7 Å². The Labute approximate surface area is 201 Å². The SMILES string of the molecule is COc1ccc(S(=O)(=O)N2CCCC(C(=O)Nc3ccc(C)cc3OCC3CCCO3)C2)cc1. The zero-order valence-electron chi connectivity index (χ0n) is 19.7. The quantitative estimate of drug-likeness (QED) is 0.610. The predicted molar refractivity (Wildman–Crippen MR) is 129 cm³/mol. The smallest absolute Gasteiger partial charge is 0.243 e. The van der Waals surface area contributed by atoms with Crippen LogP contribution < -0.4 is 14.8 Å². The van der Waals surface area contributed by atoms with E-state index in [-0.39, 0.29) is 23.5 Å². The predicted octanol–water partition coefficient (Wildman–Crippen LogP) is 3.60. The Balaban J connectivity index is 1.43. The topological polar surface area (TPSA) is 94.2 Å². The number of aryl methyl sites for hydroxylation is 1. The van der Waals surface area contributed by atoms with Crippen LogP contribution in [0.15, 0.2) is 47.4 Å². The van der Waals surface area contributed by atoms with Crippen molar-refractivity contribution in [1.29, 1.82) is 0 Å². The summed E-state index contributed by atoms with van der Waals surface area (Å²) in [5, 5.41) is 2.97. The third kappa shape index (κ3) is 5.71. The van der Waals surface area contributed by atoms with Crippen molar-refractivity contribution in [1.82, 2.24) is 4.31 Å². The van der Waals surface area contributed by atoms with Crippen LogP contribution in [0.4, 0.5) is 5.69 Å². The van der Waals surface area contributed by atoms with Gasteiger partial charge in [-0.25, -0.2) is 8.42 Å². The van der Waals surface area contributed by atoms with Crippen LogP contribution in [-0.2, 0) is 19.6 Å². The molecule has 2 aliphatic heterocycles. The Kier molecular flexibility index (Phi) is 7.75. The highest BCUT2D eigenvalue weighted by Gasteiger charge is 2.33. The molecule has 9 heteroatoms. The average Bonchev–Trinajstić information content (AvgIpc) is 3.38. The number of ether oxygens (including phenoxy) is 3. The summed E-state index contributed by atoms with van der Waals surface area (Å²) >= 11 is 0. The number of hydrogen-bond donors (Lipinski definition) is 1. The van der Waals surface area contributed by atoms with Gasteiger partial charge in [0.15, 0.2) is 0 Å². The highest BCUT2D eigenvalue weighted by Crippen LogP contribution is 2.30. The van der Waals surface area contributed by atoms with Crippen molar-refractivity contribution in [3.8, 4) is 11.5 Å². The van der Waals surface area contributed by atoms with Gasteiger partial charge in [-0.15, -0.1) is 0 Å². The van der Waals surface area contributed by atoms with E-state index in [1.807, 2.05) is 25.1 Å². The van der Waals surface area contributed by atoms with E-state index in [9.17, 15) is 13.2 Å². The minimum absolute atomic E-state index is 0.0686. The Morgan fingerprint density at radius 3 is 2.65 bits per heavy atom. The first-order valence-corrected chi connectivity index (χ1v) is 13.1. The summed E-state index contributed by atoms with van der Waals surface area (Å²) in [5.74, 6) is 0.530. The minimum atomic E-state index is -3.70. The molecule has 2 unspecified atom stereocenters. The van der Waals surface area contributed by atoms with Crippen molar-refractivity contribution in [2.45, 2.75) is 43.6 Å². The van der Waals surface area contributed by atoms with Gasteiger partial charge in [-0.05, 0) is 74.6 Å². The van der Waals surface area contributed by atoms with Crippen LogP contribution in [-0.4, -0.2) is 58.1 Å². The summed E-state index contributed by atoms with van der Waals surface area (Å²) < 4.78 is 44.4. The lowest BCUT2D eigenvalue weighted by atomic mass is 9.98. The third-order valence-electron chi connectivity index (χ3n) is 6.30. The summed E-state index contributed by atoms with van der Waals surface area (Å²) in [6.45, 7) is 3.68. The second kappa shape index (κ2) is 10.8. The number of carbonyl (C=O) groups excluding carboxylic acids is 1. The fraction of sp³-hybridized carbons (Fsp3) is 0.480. The number of carbonyl (C=O) groups is 1. The van der Waals surface area contributed by atoms with Gasteiger partial charge in [0.25, 0.3) is 0 Å². The van der Waals surface area contributed by atoms with E-state index < -0.39 is 15.9 Å². The zero-order valence-corrected chi connectivity index (χ0v) is 20.5. The van der Waals surface area contributed by atoms with Gasteiger partial charge >= 0.3 is 0 Å². The molecule has 2 atom stereocenters. The molecule has 0 radical (unpaired) electrons. The monoisotopic (exact) mass is 488 g/mol. The molecule has 8 nitrogen and oxygen atoms in total. The molecule has 1 amide bonds. The van der Waals surface area contributed by atoms with E-state index in [1.165, 1.54) is 23.5 Å². The first kappa shape index (κ1) is 24.5. The van der Waals surface area contributed by atoms with Crippen molar-refractivity contribution in [3.05, 3.63) is 48.0 Å². The Hall–Kier alpha value is -2.62. The van der Waals surface area contributed by atoms with Crippen LogP contribution in [0.5, 0.6) is 11.5 Å². The molecule has 0 aliphatic carbocycles. The number of nitrogens with one attached hydrogen (secondary N) is 1. The summed E-state index contributed by atoms with van der Waals surface area (Å²) in [6, 6.07) is 11.9. The number of nitrogens with zero attached hydrogens (tertiary/aromatic N) is 1. The first-order chi connectivity index (χ1) is 16.4. The minimum Gasteiger partial charge on any atom is -0.497 e. The molecule has 2 aromatic rings. The van der Waals surface area contributed by atoms with Crippen molar-refractivity contribution in [2.24, 2.45) is 5.92 Å². The molecule has 2 aromatic carbocycles. The molecular weight excluding hydrogens is 456 g/mol. The Bertz CT molecular complexity index is 1100. The highest BCUT2D eigenvalue weighted by atomic mass is 32.2. The van der Waals surface area contributed by atoms with Gasteiger partial charge in [-0.3, -0.25) is 4.79 Å². The summed E-state index contributed by atoms with van der Waals surface area (Å²) in [5.41, 5.74) is 1.61. The van der Waals surface area contributed by atoms with Gasteiger partial charge in [0.05, 0.1) is 29.7 Å². The fourth-order valence-corrected chi connectivity index (χ4v) is 5.84. The summed E-state index contributed by atoms with van der Waals surface area (Å²) in [4.78, 5) is 13.3. The maximum Gasteiger partial charge on any atom is 0.243 e. The molecule has 2 heterocycles. The van der Waals surface area contributed by atoms with Crippen LogP contribution >= 0.6 is 0 Å². The maximum atomic E-state index is 13.1. The van der Waals surface area contributed by atoms with Crippen LogP contribution in [0, 0.1) is 12.8 Å². The molecule has 0 saturated carbocycles. The van der Waals surface area contributed by atoms with E-state index >= 15 is 0 Å². The Morgan fingerprint density at radius 1 is 1.15 bits per heavy atom. The van der Waals surface area contributed by atoms with E-state index in [0.29, 0.717) is 43.2 Å². The second-order valence-corrected chi connectivity index (χ2v) is 10.8. The number of benzene rings is 2. The standard InChI is InChI=1S/C25H32N2O6S/c1-18-7-12-23(24(15-18)33-17-21-6-4-14-32-21)26-25(28)19-5-3-13-27(16-19)34(29,30)22-10-8-20(31-2)9-11-22/h7-12,15,19,21H,3-6,13-14,16-17H2,1-2H3,(H,26,28). The third-order valence-corrected chi connectivity index (χ3v) is 8.18. The van der Waals surface area contributed by atoms with Gasteiger partial charge in [-0.1, -0.05) is 6.07 Å². The lowest BCUT2D eigenvalue weighted by Crippen LogP contribution is -2.43. The number of sulfonamides is 1. The van der Waals surface area contributed by atoms with Crippen molar-refractivity contribution in [3.63, 3.8) is 0 Å². The van der Waals surface area contributed by atoms with Gasteiger partial charge < -0.3 is 19.5 Å². The number of piperidine rings is 1. The average molecular weight is 489 g/mol. The molecule has 2 aliphatic rings. The molecule has 2 fully saturated rings. The van der Waals surface area contributed by atoms with Crippen LogP contribution in [0.2, 0.25) is 0 Å². The zero-order chi connectivity index (χ0) is 24.1. The lowest BCUT2D eigenvalue weighted by Gasteiger charge is -2.31. The molecule has 0 bridgehead atoms. The summed E-state index contributed by atoms with van der Waals surface area (Å²) in [6.07, 6.45) is 3.30. The van der Waals surface area contributed by atoms with E-state index in [2.05, 4.69) is 5.32 Å². The lowest BCUT2D eigenvalue weighted by molar-refractivity contribution is -0.120. The fourth-order valence-electron chi connectivity index (χ4n) is 4.32. The molecule has 0 spiro atoms. The Morgan fingerprint density at radius 2 is 1.94 bits per heavy atom. The molecule has 2 saturated heterocycles. The number of rotatable bonds is 8. The summed E-state index contributed by atoms with van der Waals surface area (Å²) in [7, 11) is -2.17. The van der Waals surface area contributed by atoms with Gasteiger partial charge in [0.2, 0.25) is 15.9 Å².